The lowest BCUT2D eigenvalue weighted by atomic mass is 10.2. The van der Waals surface area contributed by atoms with Gasteiger partial charge >= 0.3 is 0 Å². The molecule has 0 bridgehead atoms. The van der Waals surface area contributed by atoms with E-state index in [4.69, 9.17) is 16.0 Å². The van der Waals surface area contributed by atoms with E-state index in [1.165, 1.54) is 30.5 Å². The van der Waals surface area contributed by atoms with Gasteiger partial charge in [-0.1, -0.05) is 11.6 Å². The van der Waals surface area contributed by atoms with Crippen LogP contribution in [0.5, 0.6) is 0 Å². The normalized spacial score (nSPS) is 11.0. The van der Waals surface area contributed by atoms with Crippen LogP contribution in [0.4, 0.5) is 10.1 Å². The molecule has 3 aromatic rings. The van der Waals surface area contributed by atoms with Gasteiger partial charge in [0.2, 0.25) is 0 Å². The molecule has 1 heterocycles. The van der Waals surface area contributed by atoms with E-state index in [2.05, 4.69) is 15.6 Å². The number of sulfonamides is 1. The number of anilines is 1. The number of benzene rings is 2. The van der Waals surface area contributed by atoms with Crippen LogP contribution in [0.25, 0.3) is 0 Å². The van der Waals surface area contributed by atoms with Crippen LogP contribution >= 0.6 is 11.6 Å². The van der Waals surface area contributed by atoms with Crippen LogP contribution in [0.15, 0.2) is 64.1 Å². The first-order valence-corrected chi connectivity index (χ1v) is 10.3. The number of carbonyl (C=O) groups excluding carboxylic acids is 2. The zero-order valence-electron chi connectivity index (χ0n) is 15.4. The molecule has 0 atom stereocenters. The molecule has 0 aliphatic rings. The smallest absolute Gasteiger partial charge is 0.273 e. The van der Waals surface area contributed by atoms with Crippen LogP contribution in [-0.4, -0.2) is 20.2 Å². The van der Waals surface area contributed by atoms with Gasteiger partial charge in [0.05, 0.1) is 27.4 Å². The third kappa shape index (κ3) is 4.78. The third-order valence-electron chi connectivity index (χ3n) is 3.99. The van der Waals surface area contributed by atoms with Crippen molar-refractivity contribution in [2.45, 2.75) is 11.8 Å². The molecule has 0 saturated carbocycles. The molecular formula is C19H15ClFN3O5S. The van der Waals surface area contributed by atoms with E-state index in [1.807, 2.05) is 0 Å². The van der Waals surface area contributed by atoms with Crippen molar-refractivity contribution in [1.29, 1.82) is 0 Å². The number of hydrogen-bond donors (Lipinski definition) is 3. The largest absolute Gasteiger partial charge is 0.469 e. The van der Waals surface area contributed by atoms with E-state index in [9.17, 15) is 22.4 Å². The minimum atomic E-state index is -4.07. The van der Waals surface area contributed by atoms with Crippen molar-refractivity contribution in [1.82, 2.24) is 10.9 Å². The fraction of sp³-hybridized carbons (Fsp3) is 0.0526. The summed E-state index contributed by atoms with van der Waals surface area (Å²) in [4.78, 5) is 24.2. The Morgan fingerprint density at radius 1 is 1.00 bits per heavy atom. The first kappa shape index (κ1) is 21.3. The molecular weight excluding hydrogens is 437 g/mol. The van der Waals surface area contributed by atoms with Crippen molar-refractivity contribution in [3.63, 3.8) is 0 Å². The molecule has 1 aromatic heterocycles. The van der Waals surface area contributed by atoms with Gasteiger partial charge in [-0.15, -0.1) is 0 Å². The number of furan rings is 1. The Bertz CT molecular complexity index is 1210. The first-order chi connectivity index (χ1) is 14.2. The van der Waals surface area contributed by atoms with Crippen molar-refractivity contribution < 1.29 is 26.8 Å². The van der Waals surface area contributed by atoms with Gasteiger partial charge in [0.15, 0.2) is 0 Å². The van der Waals surface area contributed by atoms with Gasteiger partial charge in [0.1, 0.15) is 11.6 Å². The zero-order valence-corrected chi connectivity index (χ0v) is 17.0. The Morgan fingerprint density at radius 2 is 1.67 bits per heavy atom. The summed E-state index contributed by atoms with van der Waals surface area (Å²) in [6.07, 6.45) is 1.34. The molecule has 3 N–H and O–H groups in total. The molecule has 0 aliphatic carbocycles. The maximum atomic E-state index is 13.0. The molecule has 8 nitrogen and oxygen atoms in total. The summed E-state index contributed by atoms with van der Waals surface area (Å²) in [5, 5.41) is 0.0373. The lowest BCUT2D eigenvalue weighted by molar-refractivity contribution is 0.0845. The maximum Gasteiger partial charge on any atom is 0.273 e. The number of hydrazine groups is 1. The molecule has 0 unspecified atom stereocenters. The number of aryl methyl sites for hydroxylation is 1. The van der Waals surface area contributed by atoms with Crippen LogP contribution in [0, 0.1) is 12.7 Å². The number of rotatable bonds is 5. The van der Waals surface area contributed by atoms with Crippen molar-refractivity contribution in [3.8, 4) is 0 Å². The summed E-state index contributed by atoms with van der Waals surface area (Å²) < 4.78 is 45.2. The molecule has 2 amide bonds. The number of carbonyl (C=O) groups is 2. The van der Waals surface area contributed by atoms with Gasteiger partial charge in [-0.2, -0.15) is 0 Å². The van der Waals surface area contributed by atoms with E-state index in [0.29, 0.717) is 5.76 Å². The van der Waals surface area contributed by atoms with Gasteiger partial charge in [-0.05, 0) is 55.5 Å². The van der Waals surface area contributed by atoms with Crippen molar-refractivity contribution in [2.75, 3.05) is 4.72 Å². The second-order valence-corrected chi connectivity index (χ2v) is 8.14. The summed E-state index contributed by atoms with van der Waals surface area (Å²) in [5.74, 6) is -1.49. The van der Waals surface area contributed by atoms with Gasteiger partial charge < -0.3 is 4.42 Å². The Kier molecular flexibility index (Phi) is 6.09. The molecule has 156 valence electrons. The summed E-state index contributed by atoms with van der Waals surface area (Å²) in [6.45, 7) is 1.59. The summed E-state index contributed by atoms with van der Waals surface area (Å²) >= 11 is 6.03. The fourth-order valence-electron chi connectivity index (χ4n) is 2.44. The van der Waals surface area contributed by atoms with Crippen LogP contribution in [0.1, 0.15) is 26.5 Å². The van der Waals surface area contributed by atoms with Crippen LogP contribution in [0.3, 0.4) is 0 Å². The second kappa shape index (κ2) is 8.56. The standard InChI is InChI=1S/C19H15ClFN3O5S/c1-11-15(8-9-29-11)19(26)23-22-18(25)12-2-7-16(20)17(10-12)24-30(27,28)14-5-3-13(21)4-6-14/h2-10,24H,1H3,(H,22,25)(H,23,26). The minimum absolute atomic E-state index is 0.0282. The van der Waals surface area contributed by atoms with E-state index >= 15 is 0 Å². The van der Waals surface area contributed by atoms with Crippen molar-refractivity contribution in [3.05, 3.63) is 82.5 Å². The average molecular weight is 452 g/mol. The van der Waals surface area contributed by atoms with Crippen LogP contribution in [0.2, 0.25) is 5.02 Å². The maximum absolute atomic E-state index is 13.0. The van der Waals surface area contributed by atoms with Gasteiger partial charge in [0.25, 0.3) is 21.8 Å². The Labute approximate surface area is 176 Å². The van der Waals surface area contributed by atoms with Gasteiger partial charge in [0, 0.05) is 5.56 Å². The number of amides is 2. The highest BCUT2D eigenvalue weighted by Crippen LogP contribution is 2.26. The summed E-state index contributed by atoms with van der Waals surface area (Å²) in [7, 11) is -4.07. The van der Waals surface area contributed by atoms with E-state index in [-0.39, 0.29) is 26.7 Å². The van der Waals surface area contributed by atoms with Crippen LogP contribution < -0.4 is 15.6 Å². The molecule has 0 spiro atoms. The molecule has 0 aliphatic heterocycles. The van der Waals surface area contributed by atoms with Gasteiger partial charge in [-0.3, -0.25) is 25.2 Å². The Balaban J connectivity index is 1.74. The summed E-state index contributed by atoms with van der Waals surface area (Å²) in [5.41, 5.74) is 4.66. The van der Waals surface area contributed by atoms with E-state index < -0.39 is 27.7 Å². The van der Waals surface area contributed by atoms with E-state index in [1.54, 1.807) is 6.92 Å². The van der Waals surface area contributed by atoms with E-state index in [0.717, 1.165) is 24.3 Å². The van der Waals surface area contributed by atoms with Gasteiger partial charge in [-0.25, -0.2) is 12.8 Å². The molecule has 0 saturated heterocycles. The second-order valence-electron chi connectivity index (χ2n) is 6.05. The predicted molar refractivity (Wildman–Crippen MR) is 107 cm³/mol. The summed E-state index contributed by atoms with van der Waals surface area (Å²) in [6, 6.07) is 9.51. The topological polar surface area (TPSA) is 118 Å². The molecule has 0 radical (unpaired) electrons. The zero-order chi connectivity index (χ0) is 21.9. The highest BCUT2D eigenvalue weighted by Gasteiger charge is 2.18. The van der Waals surface area contributed by atoms with Crippen LogP contribution in [-0.2, 0) is 10.0 Å². The highest BCUT2D eigenvalue weighted by molar-refractivity contribution is 7.92. The number of nitrogens with one attached hydrogen (secondary N) is 3. The predicted octanol–water partition coefficient (Wildman–Crippen LogP) is 3.26. The Hall–Kier alpha value is -3.37. The molecule has 30 heavy (non-hydrogen) atoms. The number of hydrogen-bond acceptors (Lipinski definition) is 5. The quantitative estimate of drug-likeness (QED) is 0.515. The Morgan fingerprint density at radius 3 is 2.30 bits per heavy atom. The minimum Gasteiger partial charge on any atom is -0.469 e. The lowest BCUT2D eigenvalue weighted by Gasteiger charge is -2.12. The van der Waals surface area contributed by atoms with Crippen molar-refractivity contribution >= 4 is 39.1 Å². The molecule has 0 fully saturated rings. The average Bonchev–Trinajstić information content (AvgIpc) is 3.13. The molecule has 2 aromatic carbocycles. The van der Waals surface area contributed by atoms with Crippen molar-refractivity contribution in [2.24, 2.45) is 0 Å². The fourth-order valence-corrected chi connectivity index (χ4v) is 3.73. The lowest BCUT2D eigenvalue weighted by Crippen LogP contribution is -2.41. The molecule has 11 heteroatoms. The molecule has 3 rings (SSSR count). The first-order valence-electron chi connectivity index (χ1n) is 8.40. The highest BCUT2D eigenvalue weighted by atomic mass is 35.5. The SMILES string of the molecule is Cc1occc1C(=O)NNC(=O)c1ccc(Cl)c(NS(=O)(=O)c2ccc(F)cc2)c1. The number of halogens is 2. The third-order valence-corrected chi connectivity index (χ3v) is 5.70. The monoisotopic (exact) mass is 451 g/mol.